The second-order valence-corrected chi connectivity index (χ2v) is 6.81. The van der Waals surface area contributed by atoms with Crippen LogP contribution in [0.3, 0.4) is 0 Å². The topological polar surface area (TPSA) is 102 Å². The Kier molecular flexibility index (Phi) is 4.52. The number of anilines is 2. The Hall–Kier alpha value is -3.76. The second-order valence-electron chi connectivity index (χ2n) is 6.81. The van der Waals surface area contributed by atoms with Crippen molar-refractivity contribution < 1.29 is 27.6 Å². The van der Waals surface area contributed by atoms with Crippen molar-refractivity contribution in [2.75, 3.05) is 11.1 Å². The minimum atomic E-state index is -5.19. The third-order valence-corrected chi connectivity index (χ3v) is 4.90. The van der Waals surface area contributed by atoms with E-state index in [2.05, 4.69) is 15.3 Å². The fourth-order valence-electron chi connectivity index (χ4n) is 3.32. The Labute approximate surface area is 167 Å². The molecule has 8 nitrogen and oxygen atoms in total. The molecule has 1 atom stereocenters. The number of amides is 2. The highest BCUT2D eigenvalue weighted by molar-refractivity contribution is 5.99. The number of nitrogens with one attached hydrogen (secondary N) is 1. The van der Waals surface area contributed by atoms with Gasteiger partial charge in [0, 0.05) is 11.1 Å². The van der Waals surface area contributed by atoms with Crippen molar-refractivity contribution in [2.45, 2.75) is 25.7 Å². The van der Waals surface area contributed by atoms with E-state index in [1.54, 1.807) is 11.0 Å². The molecule has 30 heavy (non-hydrogen) atoms. The Morgan fingerprint density at radius 1 is 1.27 bits per heavy atom. The number of rotatable bonds is 3. The van der Waals surface area contributed by atoms with Gasteiger partial charge < -0.3 is 20.8 Å². The van der Waals surface area contributed by atoms with Crippen LogP contribution in [0.2, 0.25) is 0 Å². The first-order valence-corrected chi connectivity index (χ1v) is 8.88. The van der Waals surface area contributed by atoms with Crippen molar-refractivity contribution >= 4 is 34.4 Å². The standard InChI is InChI=1S/C19H16F3N5O3/c1-10(11-5-3-2-4-6-11)26-9-12-7-13-15(8-14(12)24-18(26)29)27(25-16(13)23)30-17(28)19(20,21)22/h2-8,10H,9H2,1H3,(H2,23,25)(H,24,29). The van der Waals surface area contributed by atoms with Gasteiger partial charge in [0.2, 0.25) is 0 Å². The first-order valence-electron chi connectivity index (χ1n) is 8.88. The van der Waals surface area contributed by atoms with E-state index >= 15 is 0 Å². The third-order valence-electron chi connectivity index (χ3n) is 4.90. The summed E-state index contributed by atoms with van der Waals surface area (Å²) < 4.78 is 37.5. The van der Waals surface area contributed by atoms with Gasteiger partial charge in [-0.25, -0.2) is 9.59 Å². The molecule has 1 aliphatic rings. The first-order chi connectivity index (χ1) is 14.1. The van der Waals surface area contributed by atoms with Crippen LogP contribution in [0.1, 0.15) is 24.1 Å². The summed E-state index contributed by atoms with van der Waals surface area (Å²) in [6, 6.07) is 11.8. The van der Waals surface area contributed by atoms with Gasteiger partial charge in [-0.15, -0.1) is 5.10 Å². The second kappa shape index (κ2) is 6.94. The number of hydrogen-bond donors (Lipinski definition) is 2. The predicted molar refractivity (Wildman–Crippen MR) is 101 cm³/mol. The lowest BCUT2D eigenvalue weighted by atomic mass is 10.0. The number of nitrogens with zero attached hydrogens (tertiary/aromatic N) is 3. The number of hydrogen-bond acceptors (Lipinski definition) is 5. The van der Waals surface area contributed by atoms with Gasteiger partial charge in [0.25, 0.3) is 0 Å². The molecule has 1 aliphatic heterocycles. The van der Waals surface area contributed by atoms with Gasteiger partial charge in [0.1, 0.15) is 5.52 Å². The summed E-state index contributed by atoms with van der Waals surface area (Å²) in [6.45, 7) is 2.14. The lowest BCUT2D eigenvalue weighted by Gasteiger charge is -2.34. The van der Waals surface area contributed by atoms with Crippen molar-refractivity contribution in [2.24, 2.45) is 0 Å². The van der Waals surface area contributed by atoms with Crippen molar-refractivity contribution in [1.29, 1.82) is 0 Å². The van der Waals surface area contributed by atoms with E-state index in [1.165, 1.54) is 6.07 Å². The number of alkyl halides is 3. The number of carbonyl (C=O) groups excluding carboxylic acids is 2. The van der Waals surface area contributed by atoms with Gasteiger partial charge in [-0.05, 0) is 30.2 Å². The van der Waals surface area contributed by atoms with Crippen LogP contribution in [0.5, 0.6) is 0 Å². The van der Waals surface area contributed by atoms with Crippen LogP contribution in [0.15, 0.2) is 42.5 Å². The van der Waals surface area contributed by atoms with Gasteiger partial charge in [-0.1, -0.05) is 35.2 Å². The van der Waals surface area contributed by atoms with Crippen molar-refractivity contribution in [3.63, 3.8) is 0 Å². The Bertz CT molecular complexity index is 1140. The summed E-state index contributed by atoms with van der Waals surface area (Å²) in [7, 11) is 0. The molecule has 1 unspecified atom stereocenters. The van der Waals surface area contributed by atoms with E-state index < -0.39 is 12.1 Å². The summed E-state index contributed by atoms with van der Waals surface area (Å²) in [5.41, 5.74) is 7.83. The number of fused-ring (bicyclic) bond motifs is 2. The highest BCUT2D eigenvalue weighted by atomic mass is 19.4. The number of nitrogen functional groups attached to an aromatic ring is 1. The van der Waals surface area contributed by atoms with Gasteiger partial charge in [-0.3, -0.25) is 0 Å². The lowest BCUT2D eigenvalue weighted by molar-refractivity contribution is -0.200. The molecule has 3 aromatic rings. The largest absolute Gasteiger partial charge is 0.493 e. The van der Waals surface area contributed by atoms with Crippen LogP contribution in [0.25, 0.3) is 10.9 Å². The SMILES string of the molecule is CC(c1ccccc1)N1Cc2cc3c(N)nn(OC(=O)C(F)(F)F)c3cc2NC1=O. The highest BCUT2D eigenvalue weighted by Gasteiger charge is 2.42. The van der Waals surface area contributed by atoms with Crippen molar-refractivity contribution in [3.8, 4) is 0 Å². The minimum absolute atomic E-state index is 0.0220. The Morgan fingerprint density at radius 3 is 2.63 bits per heavy atom. The van der Waals surface area contributed by atoms with Gasteiger partial charge in [0.15, 0.2) is 5.82 Å². The van der Waals surface area contributed by atoms with Crippen LogP contribution >= 0.6 is 0 Å². The number of urea groups is 1. The third kappa shape index (κ3) is 3.38. The Balaban J connectivity index is 1.68. The highest BCUT2D eigenvalue weighted by Crippen LogP contribution is 2.34. The van der Waals surface area contributed by atoms with Gasteiger partial charge in [0.05, 0.1) is 12.6 Å². The number of aromatic nitrogens is 2. The lowest BCUT2D eigenvalue weighted by Crippen LogP contribution is -2.40. The molecule has 2 heterocycles. The number of nitrogens with two attached hydrogens (primary N) is 1. The van der Waals surface area contributed by atoms with E-state index in [1.807, 2.05) is 37.3 Å². The maximum atomic E-state index is 12.6. The zero-order valence-electron chi connectivity index (χ0n) is 15.6. The van der Waals surface area contributed by atoms with Crippen molar-refractivity contribution in [3.05, 3.63) is 53.6 Å². The summed E-state index contributed by atoms with van der Waals surface area (Å²) in [4.78, 5) is 30.1. The summed E-state index contributed by atoms with van der Waals surface area (Å²) in [5, 5.41) is 6.67. The molecule has 0 spiro atoms. The average Bonchev–Trinajstić information content (AvgIpc) is 3.00. The zero-order valence-corrected chi connectivity index (χ0v) is 15.6. The van der Waals surface area contributed by atoms with E-state index in [-0.39, 0.29) is 30.0 Å². The normalized spacial score (nSPS) is 14.9. The van der Waals surface area contributed by atoms with Crippen LogP contribution in [-0.4, -0.2) is 33.0 Å². The maximum Gasteiger partial charge on any atom is 0.493 e. The molecule has 2 amide bonds. The van der Waals surface area contributed by atoms with E-state index in [0.717, 1.165) is 5.56 Å². The molecule has 0 radical (unpaired) electrons. The molecular weight excluding hydrogens is 403 g/mol. The molecule has 4 rings (SSSR count). The fraction of sp³-hybridized carbons (Fsp3) is 0.211. The first kappa shape index (κ1) is 19.6. The number of carbonyl (C=O) groups is 2. The molecule has 0 saturated heterocycles. The molecule has 0 aliphatic carbocycles. The van der Waals surface area contributed by atoms with Crippen LogP contribution in [-0.2, 0) is 11.3 Å². The summed E-state index contributed by atoms with van der Waals surface area (Å²) in [5.74, 6) is -2.54. The fourth-order valence-corrected chi connectivity index (χ4v) is 3.32. The zero-order chi connectivity index (χ0) is 21.6. The van der Waals surface area contributed by atoms with E-state index in [9.17, 15) is 22.8 Å². The maximum absolute atomic E-state index is 12.6. The summed E-state index contributed by atoms with van der Waals surface area (Å²) >= 11 is 0. The molecular formula is C19H16F3N5O3. The smallest absolute Gasteiger partial charge is 0.382 e. The number of benzene rings is 2. The monoisotopic (exact) mass is 419 g/mol. The summed E-state index contributed by atoms with van der Waals surface area (Å²) in [6.07, 6.45) is -5.19. The molecule has 0 saturated carbocycles. The van der Waals surface area contributed by atoms with Gasteiger partial charge in [-0.2, -0.15) is 13.2 Å². The average molecular weight is 419 g/mol. The predicted octanol–water partition coefficient (Wildman–Crippen LogP) is 3.24. The molecule has 156 valence electrons. The number of halogens is 3. The van der Waals surface area contributed by atoms with E-state index in [4.69, 9.17) is 5.73 Å². The molecule has 2 aromatic carbocycles. The Morgan fingerprint density at radius 2 is 1.97 bits per heavy atom. The van der Waals surface area contributed by atoms with Crippen LogP contribution in [0.4, 0.5) is 29.5 Å². The quantitative estimate of drug-likeness (QED) is 0.679. The molecule has 0 bridgehead atoms. The van der Waals surface area contributed by atoms with Crippen LogP contribution < -0.4 is 15.9 Å². The van der Waals surface area contributed by atoms with Crippen LogP contribution in [0, 0.1) is 0 Å². The van der Waals surface area contributed by atoms with Crippen molar-refractivity contribution in [1.82, 2.24) is 14.8 Å². The van der Waals surface area contributed by atoms with E-state index in [0.29, 0.717) is 21.5 Å². The molecule has 1 aromatic heterocycles. The molecule has 11 heteroatoms. The van der Waals surface area contributed by atoms with Gasteiger partial charge >= 0.3 is 18.2 Å². The minimum Gasteiger partial charge on any atom is -0.382 e. The molecule has 3 N–H and O–H groups in total. The molecule has 0 fully saturated rings.